The van der Waals surface area contributed by atoms with Crippen LogP contribution < -0.4 is 5.56 Å². The van der Waals surface area contributed by atoms with Gasteiger partial charge in [0, 0.05) is 6.20 Å². The first-order chi connectivity index (χ1) is 12.2. The Hall–Kier alpha value is -3.47. The lowest BCUT2D eigenvalue weighted by Gasteiger charge is -2.08. The van der Waals surface area contributed by atoms with Gasteiger partial charge in [-0.1, -0.05) is 29.8 Å². The van der Waals surface area contributed by atoms with Crippen molar-refractivity contribution < 1.29 is 0 Å². The van der Waals surface area contributed by atoms with Crippen molar-refractivity contribution in [1.82, 2.24) is 19.2 Å². The molecule has 0 N–H and O–H groups in total. The molecule has 5 heteroatoms. The molecule has 0 bridgehead atoms. The molecule has 0 saturated heterocycles. The first kappa shape index (κ1) is 13.9. The Balaban J connectivity index is 2.09. The lowest BCUT2D eigenvalue weighted by atomic mass is 10.2. The van der Waals surface area contributed by atoms with Crippen molar-refractivity contribution in [3.63, 3.8) is 0 Å². The van der Waals surface area contributed by atoms with Crippen LogP contribution in [-0.2, 0) is 0 Å². The highest BCUT2D eigenvalue weighted by atomic mass is 16.1. The van der Waals surface area contributed by atoms with Gasteiger partial charge >= 0.3 is 0 Å². The topological polar surface area (TPSA) is 52.2 Å². The van der Waals surface area contributed by atoms with Gasteiger partial charge in [-0.05, 0) is 43.3 Å². The second kappa shape index (κ2) is 5.01. The fourth-order valence-corrected chi connectivity index (χ4v) is 3.29. The highest BCUT2D eigenvalue weighted by Crippen LogP contribution is 2.23. The molecular formula is C20H14N4O. The van der Waals surface area contributed by atoms with Crippen LogP contribution in [0.25, 0.3) is 33.3 Å². The van der Waals surface area contributed by atoms with Gasteiger partial charge in [0.2, 0.25) is 0 Å². The normalized spacial score (nSPS) is 11.6. The second-order valence-electron chi connectivity index (χ2n) is 6.09. The Bertz CT molecular complexity index is 1320. The summed E-state index contributed by atoms with van der Waals surface area (Å²) in [4.78, 5) is 22.5. The molecule has 0 amide bonds. The molecule has 0 saturated carbocycles. The van der Waals surface area contributed by atoms with Gasteiger partial charge in [0.15, 0.2) is 11.3 Å². The van der Waals surface area contributed by atoms with E-state index in [0.29, 0.717) is 22.2 Å². The van der Waals surface area contributed by atoms with Crippen LogP contribution in [-0.4, -0.2) is 19.2 Å². The molecule has 5 rings (SSSR count). The minimum atomic E-state index is -0.0921. The summed E-state index contributed by atoms with van der Waals surface area (Å²) in [6.45, 7) is 1.97. The predicted octanol–water partition coefficient (Wildman–Crippen LogP) is 3.50. The molecule has 2 aromatic carbocycles. The molecule has 3 heterocycles. The van der Waals surface area contributed by atoms with Crippen LogP contribution in [0.1, 0.15) is 5.56 Å². The Morgan fingerprint density at radius 3 is 2.56 bits per heavy atom. The van der Waals surface area contributed by atoms with Crippen molar-refractivity contribution in [1.29, 1.82) is 0 Å². The standard InChI is InChI=1S/C20H14N4O/c1-13-9-10-17-16(12-13)20(25)24-19(22-17)15-8-5-11-21-18(15)23(24)14-6-3-2-4-7-14/h2-12H,1H3. The number of hydrogen-bond acceptors (Lipinski definition) is 3. The van der Waals surface area contributed by atoms with Gasteiger partial charge in [-0.15, -0.1) is 0 Å². The van der Waals surface area contributed by atoms with Gasteiger partial charge in [0.25, 0.3) is 5.56 Å². The van der Waals surface area contributed by atoms with Crippen molar-refractivity contribution in [2.45, 2.75) is 6.92 Å². The molecule has 3 aromatic heterocycles. The van der Waals surface area contributed by atoms with E-state index >= 15 is 0 Å². The van der Waals surface area contributed by atoms with E-state index in [4.69, 9.17) is 4.98 Å². The molecule has 120 valence electrons. The first-order valence-corrected chi connectivity index (χ1v) is 8.08. The average Bonchev–Trinajstić information content (AvgIpc) is 2.98. The summed E-state index contributed by atoms with van der Waals surface area (Å²) in [6, 6.07) is 19.3. The molecular weight excluding hydrogens is 312 g/mol. The lowest BCUT2D eigenvalue weighted by Crippen LogP contribution is -2.21. The van der Waals surface area contributed by atoms with E-state index in [-0.39, 0.29) is 5.56 Å². The van der Waals surface area contributed by atoms with E-state index in [1.54, 1.807) is 10.7 Å². The van der Waals surface area contributed by atoms with E-state index in [0.717, 1.165) is 16.6 Å². The highest BCUT2D eigenvalue weighted by molar-refractivity contribution is 5.94. The summed E-state index contributed by atoms with van der Waals surface area (Å²) in [6.07, 6.45) is 1.73. The van der Waals surface area contributed by atoms with E-state index in [1.165, 1.54) is 0 Å². The van der Waals surface area contributed by atoms with Crippen LogP contribution >= 0.6 is 0 Å². The molecule has 5 aromatic rings. The fourth-order valence-electron chi connectivity index (χ4n) is 3.29. The summed E-state index contributed by atoms with van der Waals surface area (Å²) in [5.41, 5.74) is 3.85. The van der Waals surface area contributed by atoms with Crippen LogP contribution in [0.15, 0.2) is 71.7 Å². The minimum Gasteiger partial charge on any atom is -0.267 e. The molecule has 0 spiro atoms. The van der Waals surface area contributed by atoms with E-state index in [9.17, 15) is 4.79 Å². The van der Waals surface area contributed by atoms with Crippen LogP contribution in [0.5, 0.6) is 0 Å². The zero-order chi connectivity index (χ0) is 17.0. The lowest BCUT2D eigenvalue weighted by molar-refractivity contribution is 0.786. The van der Waals surface area contributed by atoms with Gasteiger partial charge in [0.05, 0.1) is 22.0 Å². The van der Waals surface area contributed by atoms with Crippen LogP contribution in [0.4, 0.5) is 0 Å². The van der Waals surface area contributed by atoms with Crippen molar-refractivity contribution in [3.05, 3.63) is 82.8 Å². The monoisotopic (exact) mass is 326 g/mol. The number of nitrogens with zero attached hydrogens (tertiary/aromatic N) is 4. The first-order valence-electron chi connectivity index (χ1n) is 8.08. The largest absolute Gasteiger partial charge is 0.281 e. The number of rotatable bonds is 1. The fraction of sp³-hybridized carbons (Fsp3) is 0.0500. The summed E-state index contributed by atoms with van der Waals surface area (Å²) in [5.74, 6) is 0. The van der Waals surface area contributed by atoms with Crippen LogP contribution in [0, 0.1) is 6.92 Å². The van der Waals surface area contributed by atoms with Crippen molar-refractivity contribution in [3.8, 4) is 5.69 Å². The Morgan fingerprint density at radius 2 is 1.72 bits per heavy atom. The van der Waals surface area contributed by atoms with Crippen molar-refractivity contribution in [2.24, 2.45) is 0 Å². The number of pyridine rings is 1. The second-order valence-corrected chi connectivity index (χ2v) is 6.09. The minimum absolute atomic E-state index is 0.0921. The van der Waals surface area contributed by atoms with Crippen LogP contribution in [0.2, 0.25) is 0 Å². The molecule has 25 heavy (non-hydrogen) atoms. The van der Waals surface area contributed by atoms with E-state index in [1.807, 2.05) is 72.3 Å². The molecule has 0 aliphatic rings. The highest BCUT2D eigenvalue weighted by Gasteiger charge is 2.17. The third-order valence-corrected chi connectivity index (χ3v) is 4.43. The maximum absolute atomic E-state index is 13.3. The van der Waals surface area contributed by atoms with Gasteiger partial charge < -0.3 is 0 Å². The molecule has 0 unspecified atom stereocenters. The number of aryl methyl sites for hydroxylation is 1. The Labute approximate surface area is 142 Å². The number of benzene rings is 2. The van der Waals surface area contributed by atoms with Gasteiger partial charge in [0.1, 0.15) is 0 Å². The average molecular weight is 326 g/mol. The van der Waals surface area contributed by atoms with Crippen molar-refractivity contribution in [2.75, 3.05) is 0 Å². The zero-order valence-electron chi connectivity index (χ0n) is 13.5. The van der Waals surface area contributed by atoms with Gasteiger partial charge in [-0.3, -0.25) is 4.79 Å². The van der Waals surface area contributed by atoms with Crippen molar-refractivity contribution >= 4 is 27.6 Å². The quantitative estimate of drug-likeness (QED) is 0.474. The maximum atomic E-state index is 13.3. The van der Waals surface area contributed by atoms with E-state index in [2.05, 4.69) is 4.98 Å². The predicted molar refractivity (Wildman–Crippen MR) is 98.3 cm³/mol. The zero-order valence-corrected chi connectivity index (χ0v) is 13.5. The molecule has 0 radical (unpaired) electrons. The molecule has 0 fully saturated rings. The SMILES string of the molecule is Cc1ccc2nc3c4cccnc4n(-c4ccccc4)n3c(=O)c2c1. The van der Waals surface area contributed by atoms with Gasteiger partial charge in [-0.25, -0.2) is 14.6 Å². The summed E-state index contributed by atoms with van der Waals surface area (Å²) < 4.78 is 3.45. The smallest absolute Gasteiger partial charge is 0.267 e. The number of fused-ring (bicyclic) bond motifs is 4. The van der Waals surface area contributed by atoms with Crippen LogP contribution in [0.3, 0.4) is 0 Å². The van der Waals surface area contributed by atoms with Gasteiger partial charge in [-0.2, -0.15) is 4.52 Å². The third-order valence-electron chi connectivity index (χ3n) is 4.43. The molecule has 0 aliphatic carbocycles. The van der Waals surface area contributed by atoms with E-state index < -0.39 is 0 Å². The molecule has 5 nitrogen and oxygen atoms in total. The Morgan fingerprint density at radius 1 is 0.880 bits per heavy atom. The third kappa shape index (κ3) is 1.92. The summed E-state index contributed by atoms with van der Waals surface area (Å²) in [7, 11) is 0. The maximum Gasteiger partial charge on any atom is 0.281 e. The number of aromatic nitrogens is 4. The number of para-hydroxylation sites is 1. The molecule has 0 aliphatic heterocycles. The summed E-state index contributed by atoms with van der Waals surface area (Å²) in [5, 5.41) is 1.46. The number of hydrogen-bond donors (Lipinski definition) is 0. The molecule has 0 atom stereocenters. The summed E-state index contributed by atoms with van der Waals surface area (Å²) >= 11 is 0. The Kier molecular flexibility index (Phi) is 2.79.